The third kappa shape index (κ3) is 3.79. The third-order valence-corrected chi connectivity index (χ3v) is 2.62. The fraction of sp³-hybridized carbons (Fsp3) is 0.308. The lowest BCUT2D eigenvalue weighted by molar-refractivity contribution is 0.199. The number of aliphatic hydroxyl groups excluding tert-OH is 1. The van der Waals surface area contributed by atoms with Crippen LogP contribution in [-0.2, 0) is 6.54 Å². The van der Waals surface area contributed by atoms with Crippen LogP contribution in [0.1, 0.15) is 30.3 Å². The zero-order valence-corrected chi connectivity index (χ0v) is 11.3. The van der Waals surface area contributed by atoms with Crippen molar-refractivity contribution in [2.75, 3.05) is 5.32 Å². The van der Waals surface area contributed by atoms with Gasteiger partial charge in [-0.1, -0.05) is 17.3 Å². The number of anilines is 1. The molecule has 0 radical (unpaired) electrons. The molecule has 7 heteroatoms. The van der Waals surface area contributed by atoms with Gasteiger partial charge in [-0.25, -0.2) is 4.79 Å². The Kier molecular flexibility index (Phi) is 4.31. The van der Waals surface area contributed by atoms with E-state index in [0.29, 0.717) is 17.4 Å². The molecular formula is C13H16N4O3. The minimum Gasteiger partial charge on any atom is -0.389 e. The minimum atomic E-state index is -0.529. The molecule has 0 bridgehead atoms. The molecule has 0 spiro atoms. The maximum Gasteiger partial charge on any atom is 0.319 e. The lowest BCUT2D eigenvalue weighted by atomic mass is 10.1. The first-order valence-corrected chi connectivity index (χ1v) is 6.16. The van der Waals surface area contributed by atoms with Gasteiger partial charge in [0.2, 0.25) is 5.89 Å². The smallest absolute Gasteiger partial charge is 0.319 e. The van der Waals surface area contributed by atoms with E-state index in [4.69, 9.17) is 4.52 Å². The van der Waals surface area contributed by atoms with Gasteiger partial charge >= 0.3 is 6.03 Å². The summed E-state index contributed by atoms with van der Waals surface area (Å²) < 4.78 is 4.88. The maximum absolute atomic E-state index is 11.6. The topological polar surface area (TPSA) is 100 Å². The van der Waals surface area contributed by atoms with E-state index < -0.39 is 6.10 Å². The Hall–Kier alpha value is -2.41. The number of amides is 2. The van der Waals surface area contributed by atoms with Gasteiger partial charge in [0.1, 0.15) is 0 Å². The summed E-state index contributed by atoms with van der Waals surface area (Å²) in [6.45, 7) is 3.55. The average Bonchev–Trinajstić information content (AvgIpc) is 2.83. The van der Waals surface area contributed by atoms with Crippen molar-refractivity contribution >= 4 is 11.7 Å². The normalized spacial score (nSPS) is 11.9. The van der Waals surface area contributed by atoms with Gasteiger partial charge in [-0.15, -0.1) is 0 Å². The Morgan fingerprint density at radius 3 is 2.65 bits per heavy atom. The summed E-state index contributed by atoms with van der Waals surface area (Å²) in [5, 5.41) is 18.3. The van der Waals surface area contributed by atoms with E-state index in [1.807, 2.05) is 0 Å². The van der Waals surface area contributed by atoms with E-state index in [9.17, 15) is 9.90 Å². The fourth-order valence-corrected chi connectivity index (χ4v) is 1.59. The standard InChI is InChI=1S/C13H16N4O3/c1-8(18)10-3-5-11(6-4-10)16-13(19)14-7-12-15-9(2)17-20-12/h3-6,8,18H,7H2,1-2H3,(H2,14,16,19). The molecule has 1 atom stereocenters. The Bertz CT molecular complexity index is 578. The van der Waals surface area contributed by atoms with Gasteiger partial charge in [-0.2, -0.15) is 4.98 Å². The number of carbonyl (C=O) groups excluding carboxylic acids is 1. The van der Waals surface area contributed by atoms with E-state index in [1.165, 1.54) is 0 Å². The molecular weight excluding hydrogens is 260 g/mol. The molecule has 1 aromatic carbocycles. The summed E-state index contributed by atoms with van der Waals surface area (Å²) in [4.78, 5) is 15.6. The second kappa shape index (κ2) is 6.16. The zero-order valence-electron chi connectivity index (χ0n) is 11.3. The number of rotatable bonds is 4. The highest BCUT2D eigenvalue weighted by Gasteiger charge is 2.06. The van der Waals surface area contributed by atoms with E-state index in [1.54, 1.807) is 38.1 Å². The molecule has 2 amide bonds. The van der Waals surface area contributed by atoms with Crippen LogP contribution in [-0.4, -0.2) is 21.3 Å². The highest BCUT2D eigenvalue weighted by molar-refractivity contribution is 5.89. The number of aromatic nitrogens is 2. The number of hydrogen-bond donors (Lipinski definition) is 3. The average molecular weight is 276 g/mol. The highest BCUT2D eigenvalue weighted by atomic mass is 16.5. The van der Waals surface area contributed by atoms with Crippen LogP contribution in [0.2, 0.25) is 0 Å². The molecule has 1 aromatic heterocycles. The van der Waals surface area contributed by atoms with Crippen LogP contribution in [0.25, 0.3) is 0 Å². The van der Waals surface area contributed by atoms with E-state index >= 15 is 0 Å². The minimum absolute atomic E-state index is 0.165. The van der Waals surface area contributed by atoms with Gasteiger partial charge in [0.05, 0.1) is 12.6 Å². The van der Waals surface area contributed by atoms with Crippen LogP contribution >= 0.6 is 0 Å². The molecule has 0 aliphatic heterocycles. The zero-order chi connectivity index (χ0) is 14.5. The Balaban J connectivity index is 1.84. The predicted octanol–water partition coefficient (Wildman–Crippen LogP) is 1.75. The van der Waals surface area contributed by atoms with Gasteiger partial charge < -0.3 is 20.3 Å². The summed E-state index contributed by atoms with van der Waals surface area (Å²) in [5.74, 6) is 0.873. The highest BCUT2D eigenvalue weighted by Crippen LogP contribution is 2.15. The number of hydrogen-bond acceptors (Lipinski definition) is 5. The number of carbonyl (C=O) groups is 1. The largest absolute Gasteiger partial charge is 0.389 e. The second-order valence-electron chi connectivity index (χ2n) is 4.34. The molecule has 0 aliphatic rings. The van der Waals surface area contributed by atoms with Gasteiger partial charge in [0, 0.05) is 5.69 Å². The lowest BCUT2D eigenvalue weighted by Gasteiger charge is -2.08. The molecule has 2 aromatic rings. The van der Waals surface area contributed by atoms with Crippen LogP contribution in [0, 0.1) is 6.92 Å². The SMILES string of the molecule is Cc1noc(CNC(=O)Nc2ccc(C(C)O)cc2)n1. The number of nitrogens with one attached hydrogen (secondary N) is 2. The number of aliphatic hydroxyl groups is 1. The predicted molar refractivity (Wildman–Crippen MR) is 72.0 cm³/mol. The molecule has 0 saturated carbocycles. The molecule has 0 saturated heterocycles. The van der Waals surface area contributed by atoms with E-state index in [0.717, 1.165) is 5.56 Å². The summed E-state index contributed by atoms with van der Waals surface area (Å²) in [6.07, 6.45) is -0.529. The van der Waals surface area contributed by atoms with Crippen LogP contribution < -0.4 is 10.6 Å². The van der Waals surface area contributed by atoms with Gasteiger partial charge in [-0.05, 0) is 31.5 Å². The first-order chi connectivity index (χ1) is 9.54. The monoisotopic (exact) mass is 276 g/mol. The molecule has 0 fully saturated rings. The van der Waals surface area contributed by atoms with Crippen molar-refractivity contribution in [1.82, 2.24) is 15.5 Å². The molecule has 1 heterocycles. The summed E-state index contributed by atoms with van der Waals surface area (Å²) in [6, 6.07) is 6.57. The second-order valence-corrected chi connectivity index (χ2v) is 4.34. The van der Waals surface area contributed by atoms with Gasteiger partial charge in [0.15, 0.2) is 5.82 Å². The summed E-state index contributed by atoms with van der Waals surface area (Å²) >= 11 is 0. The van der Waals surface area contributed by atoms with Crippen LogP contribution in [0.15, 0.2) is 28.8 Å². The first kappa shape index (κ1) is 14.0. The lowest BCUT2D eigenvalue weighted by Crippen LogP contribution is -2.28. The molecule has 2 rings (SSSR count). The number of aryl methyl sites for hydroxylation is 1. The van der Waals surface area contributed by atoms with Crippen molar-refractivity contribution in [3.63, 3.8) is 0 Å². The molecule has 3 N–H and O–H groups in total. The third-order valence-electron chi connectivity index (χ3n) is 2.62. The summed E-state index contributed by atoms with van der Waals surface area (Å²) in [5.41, 5.74) is 1.42. The van der Waals surface area contributed by atoms with Crippen molar-refractivity contribution in [3.8, 4) is 0 Å². The number of urea groups is 1. The van der Waals surface area contributed by atoms with Crippen molar-refractivity contribution < 1.29 is 14.4 Å². The molecule has 1 unspecified atom stereocenters. The Labute approximate surface area is 116 Å². The quantitative estimate of drug-likeness (QED) is 0.790. The van der Waals surface area contributed by atoms with Crippen LogP contribution in [0.3, 0.4) is 0 Å². The summed E-state index contributed by atoms with van der Waals surface area (Å²) in [7, 11) is 0. The number of nitrogens with zero attached hydrogens (tertiary/aromatic N) is 2. The molecule has 0 aliphatic carbocycles. The van der Waals surface area contributed by atoms with Crippen molar-refractivity contribution in [3.05, 3.63) is 41.5 Å². The molecule has 106 valence electrons. The van der Waals surface area contributed by atoms with E-state index in [2.05, 4.69) is 20.8 Å². The Morgan fingerprint density at radius 1 is 1.40 bits per heavy atom. The van der Waals surface area contributed by atoms with Crippen LogP contribution in [0.5, 0.6) is 0 Å². The fourth-order valence-electron chi connectivity index (χ4n) is 1.59. The molecule has 7 nitrogen and oxygen atoms in total. The van der Waals surface area contributed by atoms with Gasteiger partial charge in [0.25, 0.3) is 0 Å². The number of benzene rings is 1. The first-order valence-electron chi connectivity index (χ1n) is 6.16. The van der Waals surface area contributed by atoms with E-state index in [-0.39, 0.29) is 12.6 Å². The van der Waals surface area contributed by atoms with Gasteiger partial charge in [-0.3, -0.25) is 0 Å². The van der Waals surface area contributed by atoms with Crippen molar-refractivity contribution in [1.29, 1.82) is 0 Å². The maximum atomic E-state index is 11.6. The van der Waals surface area contributed by atoms with Crippen molar-refractivity contribution in [2.24, 2.45) is 0 Å². The van der Waals surface area contributed by atoms with Crippen LogP contribution in [0.4, 0.5) is 10.5 Å². The Morgan fingerprint density at radius 2 is 2.10 bits per heavy atom. The van der Waals surface area contributed by atoms with Crippen molar-refractivity contribution in [2.45, 2.75) is 26.5 Å². The molecule has 20 heavy (non-hydrogen) atoms.